The van der Waals surface area contributed by atoms with Crippen LogP contribution in [-0.4, -0.2) is 40.8 Å². The molecule has 0 radical (unpaired) electrons. The highest BCUT2D eigenvalue weighted by atomic mass is 16.5. The zero-order chi connectivity index (χ0) is 21.2. The summed E-state index contributed by atoms with van der Waals surface area (Å²) in [7, 11) is 0. The number of ketones is 1. The Morgan fingerprint density at radius 3 is 2.26 bits per heavy atom. The number of aromatic nitrogens is 1. The van der Waals surface area contributed by atoms with Crippen LogP contribution in [0.4, 0.5) is 0 Å². The SMILES string of the molecule is O=C(c1ccccc1)c1ccccc1C(=O)N1CC(Oc2ccc3ccccc3n2)C1. The number of carbonyl (C=O) groups excluding carboxylic acids is 2. The molecule has 1 aliphatic rings. The quantitative estimate of drug-likeness (QED) is 0.460. The number of para-hydroxylation sites is 1. The minimum absolute atomic E-state index is 0.116. The Bertz CT molecular complexity index is 1260. The van der Waals surface area contributed by atoms with Gasteiger partial charge in [-0.2, -0.15) is 0 Å². The van der Waals surface area contributed by atoms with Crippen molar-refractivity contribution in [1.82, 2.24) is 9.88 Å². The summed E-state index contributed by atoms with van der Waals surface area (Å²) in [6.45, 7) is 0.919. The summed E-state index contributed by atoms with van der Waals surface area (Å²) in [5.74, 6) is 0.236. The van der Waals surface area contributed by atoms with E-state index in [-0.39, 0.29) is 17.8 Å². The van der Waals surface area contributed by atoms with Gasteiger partial charge in [-0.25, -0.2) is 4.98 Å². The third-order valence-electron chi connectivity index (χ3n) is 5.43. The van der Waals surface area contributed by atoms with Crippen LogP contribution in [0.2, 0.25) is 0 Å². The van der Waals surface area contributed by atoms with E-state index >= 15 is 0 Å². The van der Waals surface area contributed by atoms with E-state index in [9.17, 15) is 9.59 Å². The van der Waals surface area contributed by atoms with E-state index in [0.29, 0.717) is 35.7 Å². The fourth-order valence-electron chi connectivity index (χ4n) is 3.75. The lowest BCUT2D eigenvalue weighted by Crippen LogP contribution is -2.56. The number of pyridine rings is 1. The summed E-state index contributed by atoms with van der Waals surface area (Å²) in [6, 6.07) is 27.7. The van der Waals surface area contributed by atoms with Gasteiger partial charge in [0.15, 0.2) is 5.78 Å². The number of fused-ring (bicyclic) bond motifs is 1. The summed E-state index contributed by atoms with van der Waals surface area (Å²) < 4.78 is 5.95. The molecule has 0 atom stereocenters. The molecule has 5 rings (SSSR count). The fourth-order valence-corrected chi connectivity index (χ4v) is 3.75. The minimum atomic E-state index is -0.161. The average molecular weight is 408 g/mol. The maximum Gasteiger partial charge on any atom is 0.254 e. The molecule has 0 saturated carbocycles. The molecule has 1 saturated heterocycles. The first kappa shape index (κ1) is 19.0. The Morgan fingerprint density at radius 1 is 0.774 bits per heavy atom. The molecule has 5 heteroatoms. The largest absolute Gasteiger partial charge is 0.471 e. The summed E-state index contributed by atoms with van der Waals surface area (Å²) in [5.41, 5.74) is 2.27. The van der Waals surface area contributed by atoms with Crippen LogP contribution < -0.4 is 4.74 Å². The van der Waals surface area contributed by atoms with Gasteiger partial charge >= 0.3 is 0 Å². The summed E-state index contributed by atoms with van der Waals surface area (Å²) >= 11 is 0. The lowest BCUT2D eigenvalue weighted by Gasteiger charge is -2.38. The van der Waals surface area contributed by atoms with Crippen LogP contribution in [0.25, 0.3) is 10.9 Å². The molecule has 4 aromatic rings. The molecule has 0 bridgehead atoms. The highest BCUT2D eigenvalue weighted by Gasteiger charge is 2.34. The van der Waals surface area contributed by atoms with Crippen molar-refractivity contribution in [2.75, 3.05) is 13.1 Å². The maximum atomic E-state index is 13.1. The highest BCUT2D eigenvalue weighted by Crippen LogP contribution is 2.23. The van der Waals surface area contributed by atoms with Crippen molar-refractivity contribution in [3.63, 3.8) is 0 Å². The van der Waals surface area contributed by atoms with Crippen LogP contribution in [-0.2, 0) is 0 Å². The topological polar surface area (TPSA) is 59.5 Å². The van der Waals surface area contributed by atoms with E-state index in [1.807, 2.05) is 54.6 Å². The molecule has 0 spiro atoms. The molecule has 0 aliphatic carbocycles. The predicted octanol–water partition coefficient (Wildman–Crippen LogP) is 4.37. The Balaban J connectivity index is 1.28. The molecule has 0 unspecified atom stereocenters. The summed E-state index contributed by atoms with van der Waals surface area (Å²) in [5, 5.41) is 1.06. The van der Waals surface area contributed by atoms with E-state index in [4.69, 9.17) is 4.74 Å². The van der Waals surface area contributed by atoms with Crippen molar-refractivity contribution in [3.8, 4) is 5.88 Å². The Morgan fingerprint density at radius 2 is 1.45 bits per heavy atom. The van der Waals surface area contributed by atoms with Gasteiger partial charge in [0.2, 0.25) is 5.88 Å². The number of hydrogen-bond donors (Lipinski definition) is 0. The highest BCUT2D eigenvalue weighted by molar-refractivity contribution is 6.15. The van der Waals surface area contributed by atoms with Crippen LogP contribution in [0.1, 0.15) is 26.3 Å². The lowest BCUT2D eigenvalue weighted by atomic mass is 9.96. The number of nitrogens with zero attached hydrogens (tertiary/aromatic N) is 2. The lowest BCUT2D eigenvalue weighted by molar-refractivity contribution is 0.0160. The van der Waals surface area contributed by atoms with E-state index in [1.54, 1.807) is 41.3 Å². The van der Waals surface area contributed by atoms with Crippen molar-refractivity contribution in [2.24, 2.45) is 0 Å². The fraction of sp³-hybridized carbons (Fsp3) is 0.115. The first-order valence-electron chi connectivity index (χ1n) is 10.2. The van der Waals surface area contributed by atoms with Gasteiger partial charge in [0.1, 0.15) is 6.10 Å². The summed E-state index contributed by atoms with van der Waals surface area (Å²) in [6.07, 6.45) is -0.116. The van der Waals surface area contributed by atoms with Gasteiger partial charge in [-0.1, -0.05) is 66.7 Å². The molecule has 0 N–H and O–H groups in total. The zero-order valence-corrected chi connectivity index (χ0v) is 16.8. The number of rotatable bonds is 5. The Hall–Kier alpha value is -3.99. The molecule has 152 valence electrons. The Labute approximate surface area is 179 Å². The molecule has 1 amide bonds. The van der Waals surface area contributed by atoms with E-state index in [1.165, 1.54) is 0 Å². The van der Waals surface area contributed by atoms with Crippen molar-refractivity contribution >= 4 is 22.6 Å². The van der Waals surface area contributed by atoms with E-state index in [0.717, 1.165) is 10.9 Å². The number of amides is 1. The zero-order valence-electron chi connectivity index (χ0n) is 16.8. The van der Waals surface area contributed by atoms with Gasteiger partial charge in [-0.15, -0.1) is 0 Å². The van der Waals surface area contributed by atoms with Crippen LogP contribution in [0.5, 0.6) is 5.88 Å². The normalized spacial score (nSPS) is 13.6. The van der Waals surface area contributed by atoms with Crippen molar-refractivity contribution in [1.29, 1.82) is 0 Å². The molecule has 31 heavy (non-hydrogen) atoms. The minimum Gasteiger partial charge on any atom is -0.471 e. The van der Waals surface area contributed by atoms with Gasteiger partial charge in [-0.3, -0.25) is 9.59 Å². The van der Waals surface area contributed by atoms with Crippen molar-refractivity contribution in [2.45, 2.75) is 6.10 Å². The second-order valence-electron chi connectivity index (χ2n) is 7.53. The van der Waals surface area contributed by atoms with Crippen LogP contribution in [0, 0.1) is 0 Å². The monoisotopic (exact) mass is 408 g/mol. The third kappa shape index (κ3) is 3.78. The van der Waals surface area contributed by atoms with E-state index in [2.05, 4.69) is 4.98 Å². The molecule has 1 fully saturated rings. The number of likely N-dealkylation sites (tertiary alicyclic amines) is 1. The average Bonchev–Trinajstić information content (AvgIpc) is 2.80. The van der Waals surface area contributed by atoms with Gasteiger partial charge < -0.3 is 9.64 Å². The standard InChI is InChI=1S/C26H20N2O3/c29-25(19-9-2-1-3-10-19)21-11-5-6-12-22(21)26(30)28-16-20(17-28)31-24-15-14-18-8-4-7-13-23(18)27-24/h1-15,20H,16-17H2. The van der Waals surface area contributed by atoms with E-state index < -0.39 is 0 Å². The van der Waals surface area contributed by atoms with Crippen LogP contribution in [0.15, 0.2) is 91.0 Å². The van der Waals surface area contributed by atoms with Crippen molar-refractivity contribution in [3.05, 3.63) is 108 Å². The van der Waals surface area contributed by atoms with Gasteiger partial charge in [0.05, 0.1) is 24.2 Å². The van der Waals surface area contributed by atoms with Gasteiger partial charge in [0.25, 0.3) is 5.91 Å². The number of carbonyl (C=O) groups is 2. The molecular weight excluding hydrogens is 388 g/mol. The molecule has 1 aromatic heterocycles. The molecular formula is C26H20N2O3. The Kier molecular flexibility index (Phi) is 4.92. The second kappa shape index (κ2) is 8.03. The number of hydrogen-bond acceptors (Lipinski definition) is 4. The molecule has 1 aliphatic heterocycles. The molecule has 2 heterocycles. The van der Waals surface area contributed by atoms with Crippen LogP contribution >= 0.6 is 0 Å². The first-order chi connectivity index (χ1) is 15.2. The van der Waals surface area contributed by atoms with Gasteiger partial charge in [-0.05, 0) is 18.2 Å². The van der Waals surface area contributed by atoms with Crippen molar-refractivity contribution < 1.29 is 14.3 Å². The summed E-state index contributed by atoms with van der Waals surface area (Å²) in [4.78, 5) is 32.2. The predicted molar refractivity (Wildman–Crippen MR) is 118 cm³/mol. The number of ether oxygens (including phenoxy) is 1. The van der Waals surface area contributed by atoms with Crippen LogP contribution in [0.3, 0.4) is 0 Å². The first-order valence-corrected chi connectivity index (χ1v) is 10.2. The molecule has 3 aromatic carbocycles. The third-order valence-corrected chi connectivity index (χ3v) is 5.43. The molecule has 5 nitrogen and oxygen atoms in total. The maximum absolute atomic E-state index is 13.1. The number of benzene rings is 3. The van der Waals surface area contributed by atoms with Gasteiger partial charge in [0, 0.05) is 22.6 Å². The smallest absolute Gasteiger partial charge is 0.254 e. The second-order valence-corrected chi connectivity index (χ2v) is 7.53.